The van der Waals surface area contributed by atoms with Gasteiger partial charge in [0.15, 0.2) is 9.90 Å². The minimum Gasteiger partial charge on any atom is -0.464 e. The predicted octanol–water partition coefficient (Wildman–Crippen LogP) is 0.464. The lowest BCUT2D eigenvalue weighted by Gasteiger charge is -2.04. The lowest BCUT2D eigenvalue weighted by molar-refractivity contribution is 0.0590. The Balaban J connectivity index is 2.35. The van der Waals surface area contributed by atoms with Gasteiger partial charge < -0.3 is 4.74 Å². The number of nitrogens with one attached hydrogen (secondary N) is 1. The van der Waals surface area contributed by atoms with Crippen molar-refractivity contribution in [1.82, 2.24) is 14.8 Å². The van der Waals surface area contributed by atoms with Crippen molar-refractivity contribution < 1.29 is 17.9 Å². The summed E-state index contributed by atoms with van der Waals surface area (Å²) in [6.45, 7) is 0. The minimum absolute atomic E-state index is 0.191. The Labute approximate surface area is 113 Å². The molecule has 102 valence electrons. The van der Waals surface area contributed by atoms with Gasteiger partial charge in [-0.1, -0.05) is 0 Å². The predicted molar refractivity (Wildman–Crippen MR) is 67.5 cm³/mol. The van der Waals surface area contributed by atoms with Crippen LogP contribution in [0.4, 0.5) is 5.69 Å². The van der Waals surface area contributed by atoms with E-state index in [1.165, 1.54) is 22.6 Å². The third-order valence-corrected chi connectivity index (χ3v) is 4.87. The molecule has 2 aromatic rings. The summed E-state index contributed by atoms with van der Waals surface area (Å²) in [5, 5.41) is 3.84. The number of nitrogens with zero attached hydrogens (tertiary/aromatic N) is 3. The van der Waals surface area contributed by atoms with Crippen molar-refractivity contribution in [2.75, 3.05) is 11.8 Å². The van der Waals surface area contributed by atoms with Gasteiger partial charge in [-0.15, -0.1) is 11.3 Å². The fourth-order valence-electron chi connectivity index (χ4n) is 1.33. The zero-order valence-corrected chi connectivity index (χ0v) is 11.7. The van der Waals surface area contributed by atoms with Gasteiger partial charge >= 0.3 is 5.97 Å². The van der Waals surface area contributed by atoms with Crippen LogP contribution in [0.3, 0.4) is 0 Å². The second kappa shape index (κ2) is 4.97. The fraction of sp³-hybridized carbons (Fsp3) is 0.222. The first-order valence-electron chi connectivity index (χ1n) is 4.97. The van der Waals surface area contributed by atoms with E-state index in [1.54, 1.807) is 7.05 Å². The summed E-state index contributed by atoms with van der Waals surface area (Å²) in [6, 6.07) is 0. The van der Waals surface area contributed by atoms with Crippen LogP contribution >= 0.6 is 11.3 Å². The Morgan fingerprint density at radius 3 is 2.84 bits per heavy atom. The second-order valence-electron chi connectivity index (χ2n) is 3.49. The van der Waals surface area contributed by atoms with Crippen LogP contribution in [0, 0.1) is 0 Å². The first kappa shape index (κ1) is 13.5. The minimum atomic E-state index is -3.89. The lowest BCUT2D eigenvalue weighted by atomic mass is 10.5. The third-order valence-electron chi connectivity index (χ3n) is 2.11. The van der Waals surface area contributed by atoms with Crippen molar-refractivity contribution in [2.45, 2.75) is 4.21 Å². The molecule has 8 nitrogen and oxygen atoms in total. The molecular formula is C9H10N4O4S2. The maximum absolute atomic E-state index is 12.1. The maximum Gasteiger partial charge on any atom is 0.358 e. The van der Waals surface area contributed by atoms with Gasteiger partial charge in [-0.05, 0) is 0 Å². The molecule has 0 bridgehead atoms. The highest BCUT2D eigenvalue weighted by Gasteiger charge is 2.26. The van der Waals surface area contributed by atoms with E-state index in [4.69, 9.17) is 0 Å². The Kier molecular flexibility index (Phi) is 3.53. The summed E-state index contributed by atoms with van der Waals surface area (Å²) in [4.78, 5) is 15.1. The van der Waals surface area contributed by atoms with Gasteiger partial charge in [-0.3, -0.25) is 9.40 Å². The zero-order chi connectivity index (χ0) is 14.0. The van der Waals surface area contributed by atoms with Crippen molar-refractivity contribution in [2.24, 2.45) is 7.05 Å². The molecule has 0 radical (unpaired) electrons. The van der Waals surface area contributed by atoms with Crippen molar-refractivity contribution in [1.29, 1.82) is 0 Å². The molecule has 0 aliphatic heterocycles. The van der Waals surface area contributed by atoms with Gasteiger partial charge in [-0.2, -0.15) is 5.10 Å². The highest BCUT2D eigenvalue weighted by molar-refractivity contribution is 7.94. The van der Waals surface area contributed by atoms with Gasteiger partial charge in [0, 0.05) is 13.2 Å². The Bertz CT molecular complexity index is 703. The number of thiazole rings is 1. The van der Waals surface area contributed by atoms with Crippen molar-refractivity contribution >= 4 is 33.0 Å². The molecule has 0 spiro atoms. The second-order valence-corrected chi connectivity index (χ2v) is 6.22. The molecule has 0 aliphatic carbocycles. The largest absolute Gasteiger partial charge is 0.464 e. The van der Waals surface area contributed by atoms with Gasteiger partial charge in [-0.25, -0.2) is 18.2 Å². The highest BCUT2D eigenvalue weighted by atomic mass is 32.2. The van der Waals surface area contributed by atoms with Crippen LogP contribution < -0.4 is 4.72 Å². The zero-order valence-electron chi connectivity index (χ0n) is 10.0. The molecule has 2 aromatic heterocycles. The maximum atomic E-state index is 12.1. The Morgan fingerprint density at radius 1 is 1.53 bits per heavy atom. The Hall–Kier alpha value is -1.94. The van der Waals surface area contributed by atoms with E-state index in [1.807, 2.05) is 0 Å². The SMILES string of the molecule is COC(=O)c1ncsc1S(=O)(=O)Nc1cnn(C)c1. The standard InChI is InChI=1S/C9H10N4O4S2/c1-13-4-6(3-11-13)12-19(15,16)9-7(8(14)17-2)10-5-18-9/h3-5,12H,1-2H3. The molecule has 0 saturated carbocycles. The molecule has 1 N–H and O–H groups in total. The normalized spacial score (nSPS) is 11.3. The molecular weight excluding hydrogens is 292 g/mol. The summed E-state index contributed by atoms with van der Waals surface area (Å²) in [5.41, 5.74) is 1.33. The molecule has 0 aromatic carbocycles. The van der Waals surface area contributed by atoms with Gasteiger partial charge in [0.05, 0.1) is 24.5 Å². The average Bonchev–Trinajstić information content (AvgIpc) is 2.97. The van der Waals surface area contributed by atoms with Crippen LogP contribution in [-0.2, 0) is 21.8 Å². The van der Waals surface area contributed by atoms with E-state index in [-0.39, 0.29) is 9.90 Å². The quantitative estimate of drug-likeness (QED) is 0.823. The summed E-state index contributed by atoms with van der Waals surface area (Å²) >= 11 is 0.837. The molecule has 0 saturated heterocycles. The van der Waals surface area contributed by atoms with E-state index in [0.717, 1.165) is 18.4 Å². The molecule has 0 atom stereocenters. The number of hydrogen-bond acceptors (Lipinski definition) is 7. The fourth-order valence-corrected chi connectivity index (χ4v) is 3.50. The van der Waals surface area contributed by atoms with Crippen LogP contribution in [-0.4, -0.2) is 36.3 Å². The monoisotopic (exact) mass is 302 g/mol. The molecule has 0 fully saturated rings. The number of aryl methyl sites for hydroxylation is 1. The van der Waals surface area contributed by atoms with Crippen molar-refractivity contribution in [3.63, 3.8) is 0 Å². The summed E-state index contributed by atoms with van der Waals surface area (Å²) in [5.74, 6) is -0.798. The molecule has 2 heterocycles. The van der Waals surface area contributed by atoms with Gasteiger partial charge in [0.1, 0.15) is 0 Å². The number of aromatic nitrogens is 3. The molecule has 10 heteroatoms. The van der Waals surface area contributed by atoms with E-state index < -0.39 is 16.0 Å². The first-order chi connectivity index (χ1) is 8.94. The van der Waals surface area contributed by atoms with E-state index in [9.17, 15) is 13.2 Å². The van der Waals surface area contributed by atoms with Crippen LogP contribution in [0.25, 0.3) is 0 Å². The van der Waals surface area contributed by atoms with Crippen LogP contribution in [0.2, 0.25) is 0 Å². The van der Waals surface area contributed by atoms with Crippen LogP contribution in [0.1, 0.15) is 10.5 Å². The summed E-state index contributed by atoms with van der Waals surface area (Å²) in [7, 11) is -1.07. The van der Waals surface area contributed by atoms with E-state index in [2.05, 4.69) is 19.5 Å². The molecule has 0 aliphatic rings. The topological polar surface area (TPSA) is 103 Å². The number of sulfonamides is 1. The number of anilines is 1. The number of esters is 1. The molecule has 2 rings (SSSR count). The number of ether oxygens (including phenoxy) is 1. The van der Waals surface area contributed by atoms with Gasteiger partial charge in [0.25, 0.3) is 10.0 Å². The van der Waals surface area contributed by atoms with Crippen molar-refractivity contribution in [3.05, 3.63) is 23.6 Å². The number of carbonyl (C=O) groups is 1. The lowest BCUT2D eigenvalue weighted by Crippen LogP contribution is -2.15. The average molecular weight is 302 g/mol. The number of hydrogen-bond donors (Lipinski definition) is 1. The van der Waals surface area contributed by atoms with Crippen LogP contribution in [0.15, 0.2) is 22.1 Å². The number of rotatable bonds is 4. The first-order valence-corrected chi connectivity index (χ1v) is 7.33. The van der Waals surface area contributed by atoms with Crippen LogP contribution in [0.5, 0.6) is 0 Å². The molecule has 0 amide bonds. The molecule has 0 unspecified atom stereocenters. The van der Waals surface area contributed by atoms with E-state index in [0.29, 0.717) is 5.69 Å². The number of carbonyl (C=O) groups excluding carboxylic acids is 1. The smallest absolute Gasteiger partial charge is 0.358 e. The number of methoxy groups -OCH3 is 1. The molecule has 19 heavy (non-hydrogen) atoms. The summed E-state index contributed by atoms with van der Waals surface area (Å²) < 4.78 is 32.3. The van der Waals surface area contributed by atoms with E-state index >= 15 is 0 Å². The third kappa shape index (κ3) is 2.74. The van der Waals surface area contributed by atoms with Gasteiger partial charge in [0.2, 0.25) is 0 Å². The Morgan fingerprint density at radius 2 is 2.26 bits per heavy atom. The summed E-state index contributed by atoms with van der Waals surface area (Å²) in [6.07, 6.45) is 2.85. The highest BCUT2D eigenvalue weighted by Crippen LogP contribution is 2.23. The van der Waals surface area contributed by atoms with Crippen molar-refractivity contribution in [3.8, 4) is 0 Å².